The summed E-state index contributed by atoms with van der Waals surface area (Å²) in [5.74, 6) is -0.397. The van der Waals surface area contributed by atoms with E-state index in [2.05, 4.69) is 19.1 Å². The fraction of sp³-hybridized carbons (Fsp3) is 0.464. The van der Waals surface area contributed by atoms with Crippen LogP contribution in [0.2, 0.25) is 0 Å². The second-order valence-corrected chi connectivity index (χ2v) is 8.58. The number of hydrogen-bond donors (Lipinski definition) is 1. The number of esters is 1. The standard InChI is InChI=1S/C28H36O5/c1-2-3-6-16-26(31-20-22-12-7-4-8-13-22)27-19-24(29)25(33-27)17-11-18-28(30)32-21-23-14-9-5-10-15-23/h4-5,7-15,18,24-27,29H,2-3,6,16-17,19-21H2,1H3/b18-11+/t24-,25-,26+,27+/m0/s1. The summed E-state index contributed by atoms with van der Waals surface area (Å²) in [6.45, 7) is 2.96. The molecular weight excluding hydrogens is 416 g/mol. The van der Waals surface area contributed by atoms with Gasteiger partial charge in [-0.05, 0) is 24.0 Å². The first-order valence-electron chi connectivity index (χ1n) is 12.0. The number of carbonyl (C=O) groups is 1. The average Bonchev–Trinajstić information content (AvgIpc) is 3.21. The number of aliphatic hydroxyl groups is 1. The highest BCUT2D eigenvalue weighted by Gasteiger charge is 2.37. The van der Waals surface area contributed by atoms with Crippen LogP contribution >= 0.6 is 0 Å². The van der Waals surface area contributed by atoms with E-state index >= 15 is 0 Å². The summed E-state index contributed by atoms with van der Waals surface area (Å²) in [6.07, 6.45) is 7.29. The highest BCUT2D eigenvalue weighted by molar-refractivity contribution is 5.81. The topological polar surface area (TPSA) is 65.0 Å². The molecule has 0 bridgehead atoms. The lowest BCUT2D eigenvalue weighted by atomic mass is 10.0. The minimum absolute atomic E-state index is 0.0591. The molecule has 1 heterocycles. The molecule has 2 aromatic rings. The predicted molar refractivity (Wildman–Crippen MR) is 128 cm³/mol. The Balaban J connectivity index is 1.47. The van der Waals surface area contributed by atoms with Gasteiger partial charge in [0.2, 0.25) is 0 Å². The van der Waals surface area contributed by atoms with E-state index in [1.165, 1.54) is 6.08 Å². The van der Waals surface area contributed by atoms with Gasteiger partial charge in [0.05, 0.1) is 31.0 Å². The molecule has 1 fully saturated rings. The van der Waals surface area contributed by atoms with Gasteiger partial charge in [0, 0.05) is 12.5 Å². The first-order chi connectivity index (χ1) is 16.2. The molecule has 0 spiro atoms. The lowest BCUT2D eigenvalue weighted by molar-refractivity contribution is -0.139. The monoisotopic (exact) mass is 452 g/mol. The Kier molecular flexibility index (Phi) is 10.6. The van der Waals surface area contributed by atoms with Gasteiger partial charge in [0.1, 0.15) is 6.61 Å². The number of carbonyl (C=O) groups excluding carboxylic acids is 1. The summed E-state index contributed by atoms with van der Waals surface area (Å²) in [5, 5.41) is 10.6. The molecule has 1 aliphatic rings. The van der Waals surface area contributed by atoms with Gasteiger partial charge in [-0.2, -0.15) is 0 Å². The van der Waals surface area contributed by atoms with Crippen molar-refractivity contribution in [3.63, 3.8) is 0 Å². The van der Waals surface area contributed by atoms with E-state index < -0.39 is 12.1 Å². The van der Waals surface area contributed by atoms with Crippen molar-refractivity contribution in [1.29, 1.82) is 0 Å². The van der Waals surface area contributed by atoms with Crippen LogP contribution < -0.4 is 0 Å². The molecule has 0 saturated carbocycles. The number of hydrogen-bond acceptors (Lipinski definition) is 5. The average molecular weight is 453 g/mol. The maximum absolute atomic E-state index is 12.0. The number of ether oxygens (including phenoxy) is 3. The van der Waals surface area contributed by atoms with Crippen molar-refractivity contribution in [3.8, 4) is 0 Å². The van der Waals surface area contributed by atoms with Gasteiger partial charge in [-0.3, -0.25) is 0 Å². The SMILES string of the molecule is CCCCC[C@@H](OCc1ccccc1)[C@H]1C[C@H](O)[C@H](C/C=C/C(=O)OCc2ccccc2)O1. The Labute approximate surface area is 197 Å². The number of unbranched alkanes of at least 4 members (excludes halogenated alkanes) is 2. The predicted octanol–water partition coefficient (Wildman–Crippen LogP) is 5.36. The summed E-state index contributed by atoms with van der Waals surface area (Å²) in [5.41, 5.74) is 2.08. The normalized spacial score (nSPS) is 21.3. The maximum atomic E-state index is 12.0. The first kappa shape index (κ1) is 25.2. The summed E-state index contributed by atoms with van der Waals surface area (Å²) >= 11 is 0. The van der Waals surface area contributed by atoms with E-state index in [1.807, 2.05) is 48.5 Å². The molecule has 5 nitrogen and oxygen atoms in total. The van der Waals surface area contributed by atoms with Crippen molar-refractivity contribution in [2.45, 2.75) is 83.1 Å². The lowest BCUT2D eigenvalue weighted by Gasteiger charge is -2.24. The molecule has 178 valence electrons. The Morgan fingerprint density at radius 2 is 1.73 bits per heavy atom. The molecule has 0 aliphatic carbocycles. The van der Waals surface area contributed by atoms with Gasteiger partial charge in [0.25, 0.3) is 0 Å². The maximum Gasteiger partial charge on any atom is 0.330 e. The fourth-order valence-corrected chi connectivity index (χ4v) is 4.04. The van der Waals surface area contributed by atoms with Crippen LogP contribution in [0.5, 0.6) is 0 Å². The van der Waals surface area contributed by atoms with Crippen molar-refractivity contribution < 1.29 is 24.1 Å². The van der Waals surface area contributed by atoms with Crippen molar-refractivity contribution >= 4 is 5.97 Å². The largest absolute Gasteiger partial charge is 0.458 e. The third-order valence-electron chi connectivity index (χ3n) is 5.91. The van der Waals surface area contributed by atoms with E-state index in [4.69, 9.17) is 14.2 Å². The molecule has 4 atom stereocenters. The van der Waals surface area contributed by atoms with Crippen LogP contribution in [0.4, 0.5) is 0 Å². The molecule has 5 heteroatoms. The molecule has 1 aliphatic heterocycles. The Morgan fingerprint density at radius 1 is 1.06 bits per heavy atom. The number of rotatable bonds is 13. The molecule has 3 rings (SSSR count). The Bertz CT molecular complexity index is 836. The van der Waals surface area contributed by atoms with Gasteiger partial charge in [-0.1, -0.05) is 92.9 Å². The molecular formula is C28H36O5. The minimum atomic E-state index is -0.575. The van der Waals surface area contributed by atoms with Gasteiger partial charge in [0.15, 0.2) is 0 Å². The number of benzene rings is 2. The van der Waals surface area contributed by atoms with Gasteiger partial charge in [-0.15, -0.1) is 0 Å². The zero-order chi connectivity index (χ0) is 23.3. The van der Waals surface area contributed by atoms with E-state index in [0.29, 0.717) is 19.4 Å². The molecule has 0 aromatic heterocycles. The third kappa shape index (κ3) is 8.77. The zero-order valence-electron chi connectivity index (χ0n) is 19.5. The molecule has 1 N–H and O–H groups in total. The highest BCUT2D eigenvalue weighted by Crippen LogP contribution is 2.29. The van der Waals surface area contributed by atoms with E-state index in [0.717, 1.165) is 36.8 Å². The van der Waals surface area contributed by atoms with E-state index in [1.54, 1.807) is 6.08 Å². The second kappa shape index (κ2) is 13.9. The van der Waals surface area contributed by atoms with Crippen LogP contribution in [0.3, 0.4) is 0 Å². The lowest BCUT2D eigenvalue weighted by Crippen LogP contribution is -2.29. The van der Waals surface area contributed by atoms with Crippen LogP contribution in [0, 0.1) is 0 Å². The van der Waals surface area contributed by atoms with Crippen molar-refractivity contribution in [2.75, 3.05) is 0 Å². The summed E-state index contributed by atoms with van der Waals surface area (Å²) in [4.78, 5) is 12.0. The highest BCUT2D eigenvalue weighted by atomic mass is 16.6. The van der Waals surface area contributed by atoms with Gasteiger partial charge in [-0.25, -0.2) is 4.79 Å². The quantitative estimate of drug-likeness (QED) is 0.252. The number of aliphatic hydroxyl groups excluding tert-OH is 1. The zero-order valence-corrected chi connectivity index (χ0v) is 19.5. The van der Waals surface area contributed by atoms with Crippen LogP contribution in [-0.2, 0) is 32.2 Å². The molecule has 2 aromatic carbocycles. The molecule has 1 saturated heterocycles. The molecule has 0 radical (unpaired) electrons. The molecule has 0 unspecified atom stereocenters. The summed E-state index contributed by atoms with van der Waals surface area (Å²) in [6, 6.07) is 19.7. The first-order valence-corrected chi connectivity index (χ1v) is 12.0. The van der Waals surface area contributed by atoms with Crippen LogP contribution in [0.25, 0.3) is 0 Å². The van der Waals surface area contributed by atoms with E-state index in [-0.39, 0.29) is 24.9 Å². The Hall–Kier alpha value is -2.47. The Morgan fingerprint density at radius 3 is 2.39 bits per heavy atom. The fourth-order valence-electron chi connectivity index (χ4n) is 4.04. The van der Waals surface area contributed by atoms with Gasteiger partial charge >= 0.3 is 5.97 Å². The third-order valence-corrected chi connectivity index (χ3v) is 5.91. The summed E-state index contributed by atoms with van der Waals surface area (Å²) < 4.78 is 17.7. The minimum Gasteiger partial charge on any atom is -0.458 e. The molecule has 33 heavy (non-hydrogen) atoms. The van der Waals surface area contributed by atoms with Crippen molar-refractivity contribution in [2.24, 2.45) is 0 Å². The smallest absolute Gasteiger partial charge is 0.330 e. The van der Waals surface area contributed by atoms with Crippen LogP contribution in [-0.4, -0.2) is 35.5 Å². The second-order valence-electron chi connectivity index (χ2n) is 8.58. The molecule has 0 amide bonds. The van der Waals surface area contributed by atoms with Crippen molar-refractivity contribution in [1.82, 2.24) is 0 Å². The van der Waals surface area contributed by atoms with Gasteiger partial charge < -0.3 is 19.3 Å². The van der Waals surface area contributed by atoms with Crippen LogP contribution in [0.15, 0.2) is 72.8 Å². The van der Waals surface area contributed by atoms with Crippen molar-refractivity contribution in [3.05, 3.63) is 83.9 Å². The summed E-state index contributed by atoms with van der Waals surface area (Å²) in [7, 11) is 0. The van der Waals surface area contributed by atoms with E-state index in [9.17, 15) is 9.90 Å². The van der Waals surface area contributed by atoms with Crippen LogP contribution in [0.1, 0.15) is 56.6 Å².